The van der Waals surface area contributed by atoms with Crippen LogP contribution in [0.1, 0.15) is 33.6 Å². The zero-order valence-corrected chi connectivity index (χ0v) is 11.5. The van der Waals surface area contributed by atoms with Crippen LogP contribution in [0.4, 0.5) is 0 Å². The summed E-state index contributed by atoms with van der Waals surface area (Å²) in [6.07, 6.45) is 0.845. The lowest BCUT2D eigenvalue weighted by Crippen LogP contribution is -2.39. The summed E-state index contributed by atoms with van der Waals surface area (Å²) in [6.45, 7) is 6.37. The predicted octanol–water partition coefficient (Wildman–Crippen LogP) is 0.689. The van der Waals surface area contributed by atoms with Crippen molar-refractivity contribution in [2.24, 2.45) is 17.6 Å². The first-order valence-electron chi connectivity index (χ1n) is 6.63. The van der Waals surface area contributed by atoms with E-state index in [-0.39, 0.29) is 25.2 Å². The number of hydrogen-bond donors (Lipinski definition) is 2. The number of cyclic esters (lactones) is 1. The van der Waals surface area contributed by atoms with Crippen molar-refractivity contribution in [1.29, 1.82) is 0 Å². The van der Waals surface area contributed by atoms with Crippen LogP contribution in [0, 0.1) is 11.8 Å². The molecule has 0 spiro atoms. The Bertz CT molecular complexity index is 270. The first-order valence-corrected chi connectivity index (χ1v) is 6.63. The molecular weight excluding hydrogens is 234 g/mol. The van der Waals surface area contributed by atoms with Gasteiger partial charge < -0.3 is 20.3 Å². The van der Waals surface area contributed by atoms with E-state index in [2.05, 4.69) is 13.8 Å². The summed E-state index contributed by atoms with van der Waals surface area (Å²) >= 11 is 0. The molecule has 18 heavy (non-hydrogen) atoms. The second-order valence-corrected chi connectivity index (χ2v) is 5.49. The standard InChI is InChI=1S/C13H25NO4/c1-8(2)4-5-10-9(3)18-13(16)11(14)6-17-7-12(10)15/h8-12,15H,4-7,14H2,1-3H3. The summed E-state index contributed by atoms with van der Waals surface area (Å²) in [4.78, 5) is 11.6. The van der Waals surface area contributed by atoms with Crippen molar-refractivity contribution in [3.63, 3.8) is 0 Å². The number of carbonyl (C=O) groups excluding carboxylic acids is 1. The third-order valence-corrected chi connectivity index (χ3v) is 3.37. The van der Waals surface area contributed by atoms with Gasteiger partial charge in [-0.2, -0.15) is 0 Å². The molecule has 0 amide bonds. The highest BCUT2D eigenvalue weighted by Gasteiger charge is 2.31. The Hall–Kier alpha value is -0.650. The Morgan fingerprint density at radius 2 is 2.11 bits per heavy atom. The van der Waals surface area contributed by atoms with E-state index in [1.54, 1.807) is 0 Å². The minimum Gasteiger partial charge on any atom is -0.461 e. The molecule has 4 unspecified atom stereocenters. The summed E-state index contributed by atoms with van der Waals surface area (Å²) in [5, 5.41) is 10.1. The van der Waals surface area contributed by atoms with Crippen LogP contribution >= 0.6 is 0 Å². The normalized spacial score (nSPS) is 34.7. The van der Waals surface area contributed by atoms with Crippen LogP contribution in [-0.4, -0.2) is 42.5 Å². The van der Waals surface area contributed by atoms with Crippen molar-refractivity contribution in [3.8, 4) is 0 Å². The maximum Gasteiger partial charge on any atom is 0.325 e. The van der Waals surface area contributed by atoms with Crippen molar-refractivity contribution >= 4 is 5.97 Å². The fourth-order valence-electron chi connectivity index (χ4n) is 2.13. The van der Waals surface area contributed by atoms with Gasteiger partial charge in [-0.15, -0.1) is 0 Å². The number of ether oxygens (including phenoxy) is 2. The van der Waals surface area contributed by atoms with Gasteiger partial charge in [0.25, 0.3) is 0 Å². The van der Waals surface area contributed by atoms with Gasteiger partial charge in [-0.05, 0) is 19.3 Å². The quantitative estimate of drug-likeness (QED) is 0.729. The molecule has 1 aliphatic heterocycles. The topological polar surface area (TPSA) is 81.8 Å². The molecule has 0 aromatic carbocycles. The Kier molecular flexibility index (Phi) is 6.05. The molecule has 106 valence electrons. The lowest BCUT2D eigenvalue weighted by Gasteiger charge is -2.27. The average Bonchev–Trinajstić information content (AvgIpc) is 2.31. The second-order valence-electron chi connectivity index (χ2n) is 5.49. The van der Waals surface area contributed by atoms with Crippen molar-refractivity contribution in [1.82, 2.24) is 0 Å². The number of aliphatic hydroxyl groups is 1. The van der Waals surface area contributed by atoms with Gasteiger partial charge in [0.1, 0.15) is 12.1 Å². The average molecular weight is 259 g/mol. The highest BCUT2D eigenvalue weighted by Crippen LogP contribution is 2.23. The van der Waals surface area contributed by atoms with E-state index < -0.39 is 18.1 Å². The van der Waals surface area contributed by atoms with Gasteiger partial charge in [-0.1, -0.05) is 20.3 Å². The molecule has 4 atom stereocenters. The van der Waals surface area contributed by atoms with Crippen LogP contribution < -0.4 is 5.73 Å². The van der Waals surface area contributed by atoms with E-state index in [1.807, 2.05) is 6.92 Å². The van der Waals surface area contributed by atoms with Crippen LogP contribution in [0.15, 0.2) is 0 Å². The van der Waals surface area contributed by atoms with Gasteiger partial charge >= 0.3 is 5.97 Å². The fraction of sp³-hybridized carbons (Fsp3) is 0.923. The van der Waals surface area contributed by atoms with E-state index >= 15 is 0 Å². The van der Waals surface area contributed by atoms with Gasteiger partial charge in [-0.3, -0.25) is 4.79 Å². The fourth-order valence-corrected chi connectivity index (χ4v) is 2.13. The highest BCUT2D eigenvalue weighted by molar-refractivity contribution is 5.75. The molecule has 0 saturated carbocycles. The molecule has 5 heteroatoms. The molecule has 0 aromatic rings. The number of carbonyl (C=O) groups is 1. The maximum atomic E-state index is 11.6. The third kappa shape index (κ3) is 4.55. The van der Waals surface area contributed by atoms with Crippen molar-refractivity contribution < 1.29 is 19.4 Å². The molecule has 0 aliphatic carbocycles. The molecule has 0 aromatic heterocycles. The van der Waals surface area contributed by atoms with Crippen LogP contribution in [0.5, 0.6) is 0 Å². The molecule has 1 fully saturated rings. The first kappa shape index (κ1) is 15.4. The smallest absolute Gasteiger partial charge is 0.325 e. The molecule has 1 heterocycles. The molecule has 0 bridgehead atoms. The lowest BCUT2D eigenvalue weighted by molar-refractivity contribution is -0.153. The van der Waals surface area contributed by atoms with E-state index in [9.17, 15) is 9.90 Å². The minimum absolute atomic E-state index is 0.0957. The number of esters is 1. The van der Waals surface area contributed by atoms with E-state index in [1.165, 1.54) is 0 Å². The van der Waals surface area contributed by atoms with Crippen molar-refractivity contribution in [2.45, 2.75) is 51.9 Å². The Balaban J connectivity index is 2.67. The second kappa shape index (κ2) is 7.07. The highest BCUT2D eigenvalue weighted by atomic mass is 16.6. The lowest BCUT2D eigenvalue weighted by atomic mass is 9.89. The van der Waals surface area contributed by atoms with E-state index in [0.717, 1.165) is 12.8 Å². The zero-order chi connectivity index (χ0) is 13.7. The first-order chi connectivity index (χ1) is 8.41. The number of nitrogens with two attached hydrogens (primary N) is 1. The van der Waals surface area contributed by atoms with Crippen LogP contribution in [0.3, 0.4) is 0 Å². The number of aliphatic hydroxyl groups excluding tert-OH is 1. The number of hydrogen-bond acceptors (Lipinski definition) is 5. The maximum absolute atomic E-state index is 11.6. The molecule has 1 rings (SSSR count). The van der Waals surface area contributed by atoms with Crippen LogP contribution in [0.25, 0.3) is 0 Å². The Labute approximate surface area is 109 Å². The Morgan fingerprint density at radius 1 is 1.44 bits per heavy atom. The molecule has 0 radical (unpaired) electrons. The van der Waals surface area contributed by atoms with Crippen molar-refractivity contribution in [2.75, 3.05) is 13.2 Å². The van der Waals surface area contributed by atoms with Crippen LogP contribution in [0.2, 0.25) is 0 Å². The summed E-state index contributed by atoms with van der Waals surface area (Å²) in [6, 6.07) is -0.761. The zero-order valence-electron chi connectivity index (χ0n) is 11.5. The minimum atomic E-state index is -0.761. The third-order valence-electron chi connectivity index (χ3n) is 3.37. The van der Waals surface area contributed by atoms with Gasteiger partial charge in [0.15, 0.2) is 0 Å². The summed E-state index contributed by atoms with van der Waals surface area (Å²) < 4.78 is 10.6. The predicted molar refractivity (Wildman–Crippen MR) is 67.9 cm³/mol. The van der Waals surface area contributed by atoms with E-state index in [4.69, 9.17) is 15.2 Å². The SMILES string of the molecule is CC(C)CCC1C(O)COCC(N)C(=O)OC1C. The van der Waals surface area contributed by atoms with Gasteiger partial charge in [0.05, 0.1) is 19.3 Å². The van der Waals surface area contributed by atoms with Crippen LogP contribution in [-0.2, 0) is 14.3 Å². The molecule has 1 aliphatic rings. The van der Waals surface area contributed by atoms with Gasteiger partial charge in [0, 0.05) is 5.92 Å². The molecule has 1 saturated heterocycles. The molecule has 3 N–H and O–H groups in total. The summed E-state index contributed by atoms with van der Waals surface area (Å²) in [7, 11) is 0. The van der Waals surface area contributed by atoms with Crippen molar-refractivity contribution in [3.05, 3.63) is 0 Å². The number of rotatable bonds is 3. The summed E-state index contributed by atoms with van der Waals surface area (Å²) in [5.74, 6) is 0.00343. The summed E-state index contributed by atoms with van der Waals surface area (Å²) in [5.41, 5.74) is 5.61. The van der Waals surface area contributed by atoms with Gasteiger partial charge in [0.2, 0.25) is 0 Å². The Morgan fingerprint density at radius 3 is 2.72 bits per heavy atom. The molecule has 5 nitrogen and oxygen atoms in total. The largest absolute Gasteiger partial charge is 0.461 e. The monoisotopic (exact) mass is 259 g/mol. The van der Waals surface area contributed by atoms with Gasteiger partial charge in [-0.25, -0.2) is 0 Å². The molecular formula is C13H25NO4. The van der Waals surface area contributed by atoms with E-state index in [0.29, 0.717) is 5.92 Å².